The van der Waals surface area contributed by atoms with E-state index in [1.165, 1.54) is 0 Å². The van der Waals surface area contributed by atoms with Gasteiger partial charge >= 0.3 is 5.97 Å². The van der Waals surface area contributed by atoms with Gasteiger partial charge in [0.1, 0.15) is 16.9 Å². The molecule has 0 aliphatic heterocycles. The second kappa shape index (κ2) is 5.08. The molecule has 0 aliphatic rings. The number of fused-ring (bicyclic) bond motifs is 1. The van der Waals surface area contributed by atoms with Gasteiger partial charge < -0.3 is 9.72 Å². The van der Waals surface area contributed by atoms with E-state index in [4.69, 9.17) is 0 Å². The zero-order chi connectivity index (χ0) is 14.9. The largest absolute Gasteiger partial charge is 0.462 e. The molecule has 7 nitrogen and oxygen atoms in total. The van der Waals surface area contributed by atoms with Gasteiger partial charge in [-0.15, -0.1) is 0 Å². The van der Waals surface area contributed by atoms with Gasteiger partial charge in [-0.2, -0.15) is 0 Å². The third kappa shape index (κ3) is 2.22. The molecule has 0 bridgehead atoms. The standard InChI is InChI=1S/C12H9FN2O5/c1-2-20-12(17)8-5-14-10-7(11(8)16)3-6(13)4-9(10)15(18)19/h3-5H,2H2,1H3,(H,14,16). The number of rotatable bonds is 3. The first kappa shape index (κ1) is 13.7. The molecule has 8 heteroatoms. The number of carbonyl (C=O) groups is 1. The number of benzene rings is 1. The van der Waals surface area contributed by atoms with E-state index in [0.717, 1.165) is 12.3 Å². The lowest BCUT2D eigenvalue weighted by molar-refractivity contribution is -0.383. The lowest BCUT2D eigenvalue weighted by atomic mass is 10.1. The van der Waals surface area contributed by atoms with Crippen molar-refractivity contribution in [1.82, 2.24) is 4.98 Å². The van der Waals surface area contributed by atoms with Gasteiger partial charge in [-0.1, -0.05) is 0 Å². The summed E-state index contributed by atoms with van der Waals surface area (Å²) >= 11 is 0. The average Bonchev–Trinajstić information content (AvgIpc) is 2.39. The van der Waals surface area contributed by atoms with E-state index in [-0.39, 0.29) is 23.1 Å². The topological polar surface area (TPSA) is 102 Å². The van der Waals surface area contributed by atoms with Gasteiger partial charge in [0.05, 0.1) is 23.0 Å². The zero-order valence-electron chi connectivity index (χ0n) is 10.3. The van der Waals surface area contributed by atoms with E-state index in [2.05, 4.69) is 9.72 Å². The van der Waals surface area contributed by atoms with E-state index < -0.39 is 27.8 Å². The summed E-state index contributed by atoms with van der Waals surface area (Å²) in [7, 11) is 0. The van der Waals surface area contributed by atoms with Crippen LogP contribution in [0.25, 0.3) is 10.9 Å². The first-order valence-electron chi connectivity index (χ1n) is 5.62. The van der Waals surface area contributed by atoms with Gasteiger partial charge in [0.25, 0.3) is 5.69 Å². The van der Waals surface area contributed by atoms with Crippen molar-refractivity contribution >= 4 is 22.6 Å². The van der Waals surface area contributed by atoms with Crippen molar-refractivity contribution in [2.24, 2.45) is 0 Å². The Balaban J connectivity index is 2.77. The Kier molecular flexibility index (Phi) is 3.47. The Morgan fingerprint density at radius 3 is 2.80 bits per heavy atom. The molecule has 1 aromatic heterocycles. The maximum atomic E-state index is 13.3. The number of non-ortho nitro benzene ring substituents is 1. The molecule has 0 amide bonds. The van der Waals surface area contributed by atoms with E-state index >= 15 is 0 Å². The minimum Gasteiger partial charge on any atom is -0.462 e. The molecule has 0 aliphatic carbocycles. The van der Waals surface area contributed by atoms with E-state index in [0.29, 0.717) is 6.07 Å². The first-order chi connectivity index (χ1) is 9.45. The zero-order valence-corrected chi connectivity index (χ0v) is 10.3. The van der Waals surface area contributed by atoms with E-state index in [9.17, 15) is 24.1 Å². The summed E-state index contributed by atoms with van der Waals surface area (Å²) in [6, 6.07) is 1.53. The number of ether oxygens (including phenoxy) is 1. The van der Waals surface area contributed by atoms with E-state index in [1.54, 1.807) is 6.92 Å². The molecule has 1 heterocycles. The monoisotopic (exact) mass is 280 g/mol. The molecule has 0 unspecified atom stereocenters. The highest BCUT2D eigenvalue weighted by molar-refractivity contribution is 5.95. The van der Waals surface area contributed by atoms with Crippen molar-refractivity contribution in [2.45, 2.75) is 6.92 Å². The lowest BCUT2D eigenvalue weighted by Crippen LogP contribution is -2.18. The second-order valence-corrected chi connectivity index (χ2v) is 3.86. The highest BCUT2D eigenvalue weighted by Gasteiger charge is 2.20. The predicted molar refractivity (Wildman–Crippen MR) is 67.1 cm³/mol. The smallest absolute Gasteiger partial charge is 0.343 e. The SMILES string of the molecule is CCOC(=O)c1c[nH]c2c([N+](=O)[O-])cc(F)cc2c1=O. The number of halogens is 1. The molecule has 0 spiro atoms. The summed E-state index contributed by atoms with van der Waals surface area (Å²) in [5.74, 6) is -1.81. The van der Waals surface area contributed by atoms with Crippen molar-refractivity contribution in [3.63, 3.8) is 0 Å². The van der Waals surface area contributed by atoms with Gasteiger partial charge in [-0.05, 0) is 13.0 Å². The van der Waals surface area contributed by atoms with Crippen LogP contribution in [0, 0.1) is 15.9 Å². The van der Waals surface area contributed by atoms with Crippen LogP contribution in [0.15, 0.2) is 23.1 Å². The van der Waals surface area contributed by atoms with Crippen LogP contribution in [0.1, 0.15) is 17.3 Å². The summed E-state index contributed by atoms with van der Waals surface area (Å²) in [5.41, 5.74) is -1.87. The summed E-state index contributed by atoms with van der Waals surface area (Å²) < 4.78 is 18.0. The first-order valence-corrected chi connectivity index (χ1v) is 5.62. The Hall–Kier alpha value is -2.77. The second-order valence-electron chi connectivity index (χ2n) is 3.86. The van der Waals surface area contributed by atoms with Crippen molar-refractivity contribution in [1.29, 1.82) is 0 Å². The summed E-state index contributed by atoms with van der Waals surface area (Å²) in [6.45, 7) is 1.64. The molecule has 0 atom stereocenters. The number of nitro groups is 1. The van der Waals surface area contributed by atoms with Crippen LogP contribution in [-0.4, -0.2) is 22.5 Å². The normalized spacial score (nSPS) is 10.5. The van der Waals surface area contributed by atoms with Crippen molar-refractivity contribution in [3.05, 3.63) is 50.0 Å². The van der Waals surface area contributed by atoms with Crippen molar-refractivity contribution in [3.8, 4) is 0 Å². The fraction of sp³-hybridized carbons (Fsp3) is 0.167. The number of aromatic nitrogens is 1. The van der Waals surface area contributed by atoms with E-state index in [1.807, 2.05) is 0 Å². The van der Waals surface area contributed by atoms with Crippen LogP contribution in [-0.2, 0) is 4.74 Å². The fourth-order valence-corrected chi connectivity index (χ4v) is 1.78. The van der Waals surface area contributed by atoms with Crippen LogP contribution in [0.4, 0.5) is 10.1 Å². The minimum atomic E-state index is -0.935. The maximum Gasteiger partial charge on any atom is 0.343 e. The number of pyridine rings is 1. The molecule has 0 fully saturated rings. The summed E-state index contributed by atoms with van der Waals surface area (Å²) in [4.78, 5) is 36.1. The average molecular weight is 280 g/mol. The quantitative estimate of drug-likeness (QED) is 0.524. The lowest BCUT2D eigenvalue weighted by Gasteiger charge is -2.04. The third-order valence-corrected chi connectivity index (χ3v) is 2.62. The number of hydrogen-bond donors (Lipinski definition) is 1. The molecule has 1 N–H and O–H groups in total. The fourth-order valence-electron chi connectivity index (χ4n) is 1.78. The van der Waals surface area contributed by atoms with Gasteiger partial charge in [-0.25, -0.2) is 9.18 Å². The van der Waals surface area contributed by atoms with Gasteiger partial charge in [-0.3, -0.25) is 14.9 Å². The highest BCUT2D eigenvalue weighted by atomic mass is 19.1. The van der Waals surface area contributed by atoms with Gasteiger partial charge in [0, 0.05) is 6.20 Å². The number of esters is 1. The molecule has 2 rings (SSSR count). The van der Waals surface area contributed by atoms with Crippen LogP contribution >= 0.6 is 0 Å². The number of H-pyrrole nitrogens is 1. The molecule has 0 saturated carbocycles. The predicted octanol–water partition coefficient (Wildman–Crippen LogP) is 1.75. The Bertz CT molecular complexity index is 768. The van der Waals surface area contributed by atoms with Gasteiger partial charge in [0.2, 0.25) is 5.43 Å². The molecule has 104 valence electrons. The number of nitrogens with zero attached hydrogens (tertiary/aromatic N) is 1. The Labute approximate surface area is 111 Å². The van der Waals surface area contributed by atoms with Crippen molar-refractivity contribution < 1.29 is 18.8 Å². The molecule has 20 heavy (non-hydrogen) atoms. The molecular weight excluding hydrogens is 271 g/mol. The molecule has 2 aromatic rings. The number of carbonyl (C=O) groups excluding carboxylic acids is 1. The van der Waals surface area contributed by atoms with Crippen LogP contribution in [0.2, 0.25) is 0 Å². The third-order valence-electron chi connectivity index (χ3n) is 2.62. The maximum absolute atomic E-state index is 13.3. The van der Waals surface area contributed by atoms with Crippen LogP contribution in [0.5, 0.6) is 0 Å². The molecule has 0 radical (unpaired) electrons. The van der Waals surface area contributed by atoms with Crippen molar-refractivity contribution in [2.75, 3.05) is 6.61 Å². The number of nitrogens with one attached hydrogen (secondary N) is 1. The number of hydrogen-bond acceptors (Lipinski definition) is 5. The highest BCUT2D eigenvalue weighted by Crippen LogP contribution is 2.23. The van der Waals surface area contributed by atoms with Gasteiger partial charge in [0.15, 0.2) is 0 Å². The molecule has 1 aromatic carbocycles. The Morgan fingerprint density at radius 1 is 1.50 bits per heavy atom. The summed E-state index contributed by atoms with van der Waals surface area (Å²) in [6.07, 6.45) is 1.02. The number of aromatic amines is 1. The van der Waals surface area contributed by atoms with Crippen LogP contribution < -0.4 is 5.43 Å². The molecular formula is C12H9FN2O5. The minimum absolute atomic E-state index is 0.0691. The Morgan fingerprint density at radius 2 is 2.20 bits per heavy atom. The number of nitro benzene ring substituents is 1. The summed E-state index contributed by atoms with van der Waals surface area (Å²) in [5, 5.41) is 10.5. The molecule has 0 saturated heterocycles. The van der Waals surface area contributed by atoms with Crippen LogP contribution in [0.3, 0.4) is 0 Å².